The van der Waals surface area contributed by atoms with Gasteiger partial charge >= 0.3 is 0 Å². The normalized spacial score (nSPS) is 10.5. The Morgan fingerprint density at radius 3 is 2.65 bits per heavy atom. The van der Waals surface area contributed by atoms with E-state index in [-0.39, 0.29) is 12.3 Å². The molecule has 118 valence electrons. The number of aryl methyl sites for hydroxylation is 2. The molecule has 0 atom stereocenters. The van der Waals surface area contributed by atoms with Gasteiger partial charge in [-0.25, -0.2) is 19.9 Å². The lowest BCUT2D eigenvalue weighted by Crippen LogP contribution is -2.14. The summed E-state index contributed by atoms with van der Waals surface area (Å²) in [5.41, 5.74) is 1.63. The van der Waals surface area contributed by atoms with Crippen molar-refractivity contribution in [1.29, 1.82) is 0 Å². The van der Waals surface area contributed by atoms with Gasteiger partial charge in [-0.1, -0.05) is 0 Å². The zero-order valence-electron chi connectivity index (χ0n) is 12.5. The van der Waals surface area contributed by atoms with E-state index in [0.717, 1.165) is 10.6 Å². The highest BCUT2D eigenvalue weighted by Gasteiger charge is 2.11. The molecule has 23 heavy (non-hydrogen) atoms. The maximum atomic E-state index is 12.0. The van der Waals surface area contributed by atoms with Crippen molar-refractivity contribution in [2.75, 3.05) is 10.6 Å². The minimum absolute atomic E-state index is 0.133. The van der Waals surface area contributed by atoms with Crippen LogP contribution >= 0.6 is 22.7 Å². The molecule has 0 fully saturated rings. The molecule has 3 rings (SSSR count). The molecule has 0 spiro atoms. The number of aromatic nitrogens is 4. The van der Waals surface area contributed by atoms with Gasteiger partial charge in [0.25, 0.3) is 0 Å². The van der Waals surface area contributed by atoms with Gasteiger partial charge in [0.15, 0.2) is 10.3 Å². The highest BCUT2D eigenvalue weighted by molar-refractivity contribution is 7.15. The first kappa shape index (κ1) is 15.5. The van der Waals surface area contributed by atoms with Crippen LogP contribution in [-0.4, -0.2) is 25.8 Å². The standard InChI is InChI=1S/C14H14N6OS2/c1-8-9(2)23-14(17-8)19-11(21)6-10-7-22-13(18-10)20-12-15-4-3-5-16-12/h3-5,7H,6H2,1-2H3,(H,17,19,21)(H,15,16,18,20). The van der Waals surface area contributed by atoms with Crippen molar-refractivity contribution in [3.63, 3.8) is 0 Å². The maximum Gasteiger partial charge on any atom is 0.232 e. The molecule has 0 radical (unpaired) electrons. The smallest absolute Gasteiger partial charge is 0.232 e. The van der Waals surface area contributed by atoms with E-state index in [0.29, 0.717) is 21.9 Å². The van der Waals surface area contributed by atoms with E-state index in [9.17, 15) is 4.79 Å². The van der Waals surface area contributed by atoms with Crippen LogP contribution in [-0.2, 0) is 11.2 Å². The molecule has 3 aromatic heterocycles. The molecule has 0 aliphatic carbocycles. The van der Waals surface area contributed by atoms with Crippen molar-refractivity contribution in [3.05, 3.63) is 40.1 Å². The molecule has 9 heteroatoms. The van der Waals surface area contributed by atoms with Gasteiger partial charge in [0.05, 0.1) is 17.8 Å². The van der Waals surface area contributed by atoms with Gasteiger partial charge in [0.2, 0.25) is 11.9 Å². The molecular formula is C14H14N6OS2. The van der Waals surface area contributed by atoms with Crippen LogP contribution in [0.5, 0.6) is 0 Å². The summed E-state index contributed by atoms with van der Waals surface area (Å²) in [4.78, 5) is 29.9. The van der Waals surface area contributed by atoms with Crippen molar-refractivity contribution in [2.24, 2.45) is 0 Å². The number of amides is 1. The third kappa shape index (κ3) is 4.08. The lowest BCUT2D eigenvalue weighted by molar-refractivity contribution is -0.115. The lowest BCUT2D eigenvalue weighted by atomic mass is 10.3. The van der Waals surface area contributed by atoms with E-state index in [2.05, 4.69) is 30.6 Å². The van der Waals surface area contributed by atoms with Crippen LogP contribution in [0.2, 0.25) is 0 Å². The lowest BCUT2D eigenvalue weighted by Gasteiger charge is -2.00. The molecule has 7 nitrogen and oxygen atoms in total. The second-order valence-corrected chi connectivity index (χ2v) is 6.79. The average molecular weight is 346 g/mol. The molecule has 0 aliphatic heterocycles. The van der Waals surface area contributed by atoms with Crippen molar-refractivity contribution in [2.45, 2.75) is 20.3 Å². The fraction of sp³-hybridized carbons (Fsp3) is 0.214. The summed E-state index contributed by atoms with van der Waals surface area (Å²) in [6, 6.07) is 1.74. The molecule has 3 heterocycles. The van der Waals surface area contributed by atoms with Crippen molar-refractivity contribution >= 4 is 44.8 Å². The number of rotatable bonds is 5. The van der Waals surface area contributed by atoms with Gasteiger partial charge in [0.1, 0.15) is 0 Å². The third-order valence-corrected chi connectivity index (χ3v) is 4.75. The topological polar surface area (TPSA) is 92.7 Å². The number of carbonyl (C=O) groups is 1. The number of hydrogen-bond acceptors (Lipinski definition) is 8. The molecule has 3 aromatic rings. The summed E-state index contributed by atoms with van der Waals surface area (Å²) >= 11 is 2.87. The second kappa shape index (κ2) is 6.80. The van der Waals surface area contributed by atoms with Crippen LogP contribution in [0.25, 0.3) is 0 Å². The highest BCUT2D eigenvalue weighted by Crippen LogP contribution is 2.22. The molecule has 2 N–H and O–H groups in total. The van der Waals surface area contributed by atoms with Crippen molar-refractivity contribution < 1.29 is 4.79 Å². The molecule has 0 aromatic carbocycles. The SMILES string of the molecule is Cc1nc(NC(=O)Cc2csc(Nc3ncccn3)n2)sc1C. The fourth-order valence-electron chi connectivity index (χ4n) is 1.76. The Bertz CT molecular complexity index is 794. The minimum atomic E-state index is -0.133. The Morgan fingerprint density at radius 2 is 1.96 bits per heavy atom. The van der Waals surface area contributed by atoms with Crippen LogP contribution < -0.4 is 10.6 Å². The molecular weight excluding hydrogens is 332 g/mol. The quantitative estimate of drug-likeness (QED) is 0.738. The van der Waals surface area contributed by atoms with E-state index >= 15 is 0 Å². The summed E-state index contributed by atoms with van der Waals surface area (Å²) in [6.07, 6.45) is 3.50. The van der Waals surface area contributed by atoms with Gasteiger partial charge in [-0.05, 0) is 19.9 Å². The predicted molar refractivity (Wildman–Crippen MR) is 91.4 cm³/mol. The zero-order valence-corrected chi connectivity index (χ0v) is 14.2. The van der Waals surface area contributed by atoms with E-state index < -0.39 is 0 Å². The first-order chi connectivity index (χ1) is 11.1. The van der Waals surface area contributed by atoms with E-state index in [1.165, 1.54) is 22.7 Å². The van der Waals surface area contributed by atoms with Gasteiger partial charge in [-0.15, -0.1) is 22.7 Å². The van der Waals surface area contributed by atoms with Crippen molar-refractivity contribution in [1.82, 2.24) is 19.9 Å². The van der Waals surface area contributed by atoms with Crippen LogP contribution in [0.15, 0.2) is 23.8 Å². The summed E-state index contributed by atoms with van der Waals surface area (Å²) in [5.74, 6) is 0.346. The van der Waals surface area contributed by atoms with Gasteiger partial charge < -0.3 is 10.6 Å². The summed E-state index contributed by atoms with van der Waals surface area (Å²) in [7, 11) is 0. The van der Waals surface area contributed by atoms with Gasteiger partial charge in [-0.2, -0.15) is 0 Å². The summed E-state index contributed by atoms with van der Waals surface area (Å²) < 4.78 is 0. The Kier molecular flexibility index (Phi) is 4.58. The summed E-state index contributed by atoms with van der Waals surface area (Å²) in [5, 5.41) is 8.91. The van der Waals surface area contributed by atoms with Crippen molar-refractivity contribution in [3.8, 4) is 0 Å². The van der Waals surface area contributed by atoms with Crippen LogP contribution in [0.1, 0.15) is 16.3 Å². The highest BCUT2D eigenvalue weighted by atomic mass is 32.1. The Labute approximate surface area is 140 Å². The zero-order chi connectivity index (χ0) is 16.2. The molecule has 1 amide bonds. The minimum Gasteiger partial charge on any atom is -0.302 e. The van der Waals surface area contributed by atoms with Crippen LogP contribution in [0, 0.1) is 13.8 Å². The average Bonchev–Trinajstić information content (AvgIpc) is 3.07. The number of thiazole rings is 2. The predicted octanol–water partition coefficient (Wildman–Crippen LogP) is 2.93. The van der Waals surface area contributed by atoms with Crippen LogP contribution in [0.4, 0.5) is 16.2 Å². The molecule has 0 saturated heterocycles. The number of nitrogens with zero attached hydrogens (tertiary/aromatic N) is 4. The number of anilines is 3. The first-order valence-corrected chi connectivity index (χ1v) is 8.52. The molecule has 0 saturated carbocycles. The maximum absolute atomic E-state index is 12.0. The Balaban J connectivity index is 1.59. The number of carbonyl (C=O) groups excluding carboxylic acids is 1. The van der Waals surface area contributed by atoms with E-state index in [1.807, 2.05) is 19.2 Å². The number of nitrogens with one attached hydrogen (secondary N) is 2. The van der Waals surface area contributed by atoms with Gasteiger partial charge in [-0.3, -0.25) is 4.79 Å². The second-order valence-electron chi connectivity index (χ2n) is 4.73. The Morgan fingerprint density at radius 1 is 1.17 bits per heavy atom. The first-order valence-electron chi connectivity index (χ1n) is 6.82. The third-order valence-electron chi connectivity index (χ3n) is 2.95. The molecule has 0 unspecified atom stereocenters. The largest absolute Gasteiger partial charge is 0.302 e. The fourth-order valence-corrected chi connectivity index (χ4v) is 3.29. The molecule has 0 bridgehead atoms. The summed E-state index contributed by atoms with van der Waals surface area (Å²) in [6.45, 7) is 3.90. The Hall–Kier alpha value is -2.39. The van der Waals surface area contributed by atoms with E-state index in [1.54, 1.807) is 18.5 Å². The number of hydrogen-bond donors (Lipinski definition) is 2. The van der Waals surface area contributed by atoms with E-state index in [4.69, 9.17) is 0 Å². The molecule has 0 aliphatic rings. The van der Waals surface area contributed by atoms with Crippen LogP contribution in [0.3, 0.4) is 0 Å². The van der Waals surface area contributed by atoms with Gasteiger partial charge in [0, 0.05) is 22.7 Å². The monoisotopic (exact) mass is 346 g/mol.